The number of aliphatic hydroxyl groups is 1. The molecular formula is C12H15BrN2O2S. The normalized spacial score (nSPS) is 13.8. The Morgan fingerprint density at radius 1 is 1.50 bits per heavy atom. The third-order valence-corrected chi connectivity index (χ3v) is 4.31. The van der Waals surface area contributed by atoms with Gasteiger partial charge in [-0.1, -0.05) is 25.9 Å². The molecule has 0 fully saturated rings. The first-order chi connectivity index (χ1) is 8.36. The first-order valence-electron chi connectivity index (χ1n) is 5.61. The van der Waals surface area contributed by atoms with E-state index in [9.17, 15) is 5.11 Å². The van der Waals surface area contributed by atoms with Crippen molar-refractivity contribution in [3.05, 3.63) is 21.8 Å². The molecule has 2 aromatic rings. The SMILES string of the molecule is CC(C)(C)C(O)Cc1nc(-c2cc(Br)cs2)no1. The van der Waals surface area contributed by atoms with Crippen LogP contribution >= 0.6 is 27.3 Å². The summed E-state index contributed by atoms with van der Waals surface area (Å²) in [5, 5.41) is 15.9. The summed E-state index contributed by atoms with van der Waals surface area (Å²) in [6, 6.07) is 1.94. The molecule has 0 aromatic carbocycles. The van der Waals surface area contributed by atoms with E-state index in [0.29, 0.717) is 18.1 Å². The number of thiophene rings is 1. The Kier molecular flexibility index (Phi) is 3.89. The standard InChI is InChI=1S/C12H15BrN2O2S/c1-12(2,3)9(16)5-10-14-11(15-17-10)8-4-7(13)6-18-8/h4,6,9,16H,5H2,1-3H3. The second kappa shape index (κ2) is 5.11. The minimum Gasteiger partial charge on any atom is -0.392 e. The molecule has 98 valence electrons. The van der Waals surface area contributed by atoms with Crippen molar-refractivity contribution in [1.29, 1.82) is 0 Å². The van der Waals surface area contributed by atoms with Gasteiger partial charge in [-0.3, -0.25) is 0 Å². The number of nitrogens with zero attached hydrogens (tertiary/aromatic N) is 2. The quantitative estimate of drug-likeness (QED) is 0.935. The van der Waals surface area contributed by atoms with Crippen molar-refractivity contribution in [2.75, 3.05) is 0 Å². The van der Waals surface area contributed by atoms with Gasteiger partial charge in [0.2, 0.25) is 11.7 Å². The van der Waals surface area contributed by atoms with Gasteiger partial charge in [0.15, 0.2) is 0 Å². The van der Waals surface area contributed by atoms with E-state index in [2.05, 4.69) is 26.1 Å². The lowest BCUT2D eigenvalue weighted by Crippen LogP contribution is -2.28. The van der Waals surface area contributed by atoms with Crippen LogP contribution in [0.5, 0.6) is 0 Å². The van der Waals surface area contributed by atoms with Gasteiger partial charge in [-0.2, -0.15) is 4.98 Å². The Balaban J connectivity index is 2.12. The maximum atomic E-state index is 9.99. The van der Waals surface area contributed by atoms with E-state index in [1.807, 2.05) is 32.2 Å². The van der Waals surface area contributed by atoms with Crippen molar-refractivity contribution in [3.63, 3.8) is 0 Å². The smallest absolute Gasteiger partial charge is 0.229 e. The monoisotopic (exact) mass is 330 g/mol. The molecule has 6 heteroatoms. The van der Waals surface area contributed by atoms with Gasteiger partial charge in [-0.05, 0) is 27.4 Å². The molecule has 2 rings (SSSR count). The highest BCUT2D eigenvalue weighted by atomic mass is 79.9. The fourth-order valence-electron chi connectivity index (χ4n) is 1.34. The van der Waals surface area contributed by atoms with Crippen LogP contribution in [0.4, 0.5) is 0 Å². The molecule has 2 heterocycles. The molecule has 0 aliphatic heterocycles. The van der Waals surface area contributed by atoms with Crippen molar-refractivity contribution < 1.29 is 9.63 Å². The zero-order valence-corrected chi connectivity index (χ0v) is 12.9. The second-order valence-electron chi connectivity index (χ2n) is 5.23. The zero-order chi connectivity index (χ0) is 13.3. The molecular weight excluding hydrogens is 316 g/mol. The summed E-state index contributed by atoms with van der Waals surface area (Å²) in [5.74, 6) is 1.04. The van der Waals surface area contributed by atoms with Gasteiger partial charge in [-0.25, -0.2) is 0 Å². The topological polar surface area (TPSA) is 59.2 Å². The molecule has 2 aromatic heterocycles. The average molecular weight is 331 g/mol. The maximum Gasteiger partial charge on any atom is 0.229 e. The lowest BCUT2D eigenvalue weighted by molar-refractivity contribution is 0.0565. The van der Waals surface area contributed by atoms with E-state index in [4.69, 9.17) is 4.52 Å². The van der Waals surface area contributed by atoms with Crippen LogP contribution in [0.15, 0.2) is 20.4 Å². The third-order valence-electron chi connectivity index (χ3n) is 2.62. The van der Waals surface area contributed by atoms with E-state index in [0.717, 1.165) is 9.35 Å². The lowest BCUT2D eigenvalue weighted by Gasteiger charge is -2.24. The van der Waals surface area contributed by atoms with Gasteiger partial charge < -0.3 is 9.63 Å². The molecule has 0 radical (unpaired) electrons. The summed E-state index contributed by atoms with van der Waals surface area (Å²) < 4.78 is 6.17. The summed E-state index contributed by atoms with van der Waals surface area (Å²) in [6.07, 6.45) is -0.121. The first kappa shape index (κ1) is 13.7. The number of hydrogen-bond acceptors (Lipinski definition) is 5. The van der Waals surface area contributed by atoms with Gasteiger partial charge in [-0.15, -0.1) is 11.3 Å². The molecule has 0 bridgehead atoms. The summed E-state index contributed by atoms with van der Waals surface area (Å²) in [7, 11) is 0. The van der Waals surface area contributed by atoms with Gasteiger partial charge in [0, 0.05) is 9.85 Å². The predicted octanol–water partition coefficient (Wildman–Crippen LogP) is 3.51. The molecule has 1 N–H and O–H groups in total. The Hall–Kier alpha value is -0.720. The van der Waals surface area contributed by atoms with Crippen LogP contribution in [0.1, 0.15) is 26.7 Å². The second-order valence-corrected chi connectivity index (χ2v) is 7.05. The van der Waals surface area contributed by atoms with Crippen molar-refractivity contribution in [1.82, 2.24) is 10.1 Å². The molecule has 0 saturated heterocycles. The van der Waals surface area contributed by atoms with Crippen LogP contribution in [-0.2, 0) is 6.42 Å². The summed E-state index contributed by atoms with van der Waals surface area (Å²) in [6.45, 7) is 5.93. The average Bonchev–Trinajstić information content (AvgIpc) is 2.85. The van der Waals surface area contributed by atoms with Gasteiger partial charge in [0.05, 0.1) is 17.4 Å². The van der Waals surface area contributed by atoms with E-state index >= 15 is 0 Å². The molecule has 0 saturated carbocycles. The zero-order valence-electron chi connectivity index (χ0n) is 10.5. The lowest BCUT2D eigenvalue weighted by atomic mass is 9.87. The Morgan fingerprint density at radius 2 is 2.22 bits per heavy atom. The van der Waals surface area contributed by atoms with E-state index in [1.165, 1.54) is 0 Å². The fourth-order valence-corrected chi connectivity index (χ4v) is 2.69. The molecule has 0 aliphatic carbocycles. The Bertz CT molecular complexity index is 530. The van der Waals surface area contributed by atoms with Crippen LogP contribution in [0.3, 0.4) is 0 Å². The molecule has 1 atom stereocenters. The molecule has 4 nitrogen and oxygen atoms in total. The molecule has 0 aliphatic rings. The highest BCUT2D eigenvalue weighted by molar-refractivity contribution is 9.10. The number of aliphatic hydroxyl groups excluding tert-OH is 1. The minimum absolute atomic E-state index is 0.194. The van der Waals surface area contributed by atoms with Crippen molar-refractivity contribution >= 4 is 27.3 Å². The predicted molar refractivity (Wildman–Crippen MR) is 74.5 cm³/mol. The summed E-state index contributed by atoms with van der Waals surface area (Å²) in [5.41, 5.74) is -0.194. The van der Waals surface area contributed by atoms with E-state index in [-0.39, 0.29) is 5.41 Å². The number of rotatable bonds is 3. The van der Waals surface area contributed by atoms with Crippen LogP contribution in [0, 0.1) is 5.41 Å². The fraction of sp³-hybridized carbons (Fsp3) is 0.500. The minimum atomic E-state index is -0.499. The number of halogens is 1. The molecule has 18 heavy (non-hydrogen) atoms. The van der Waals surface area contributed by atoms with Crippen LogP contribution in [-0.4, -0.2) is 21.4 Å². The van der Waals surface area contributed by atoms with Crippen LogP contribution < -0.4 is 0 Å². The van der Waals surface area contributed by atoms with E-state index < -0.39 is 6.10 Å². The van der Waals surface area contributed by atoms with Crippen molar-refractivity contribution in [2.24, 2.45) is 5.41 Å². The van der Waals surface area contributed by atoms with Crippen molar-refractivity contribution in [2.45, 2.75) is 33.3 Å². The third kappa shape index (κ3) is 3.18. The molecule has 0 spiro atoms. The van der Waals surface area contributed by atoms with Crippen LogP contribution in [0.2, 0.25) is 0 Å². The van der Waals surface area contributed by atoms with Gasteiger partial charge >= 0.3 is 0 Å². The maximum absolute atomic E-state index is 9.99. The highest BCUT2D eigenvalue weighted by Gasteiger charge is 2.25. The summed E-state index contributed by atoms with van der Waals surface area (Å²) >= 11 is 4.93. The molecule has 0 amide bonds. The highest BCUT2D eigenvalue weighted by Crippen LogP contribution is 2.28. The Morgan fingerprint density at radius 3 is 2.78 bits per heavy atom. The van der Waals surface area contributed by atoms with Gasteiger partial charge in [0.25, 0.3) is 0 Å². The molecule has 1 unspecified atom stereocenters. The first-order valence-corrected chi connectivity index (χ1v) is 7.28. The number of hydrogen-bond donors (Lipinski definition) is 1. The van der Waals surface area contributed by atoms with E-state index in [1.54, 1.807) is 11.3 Å². The number of aromatic nitrogens is 2. The largest absolute Gasteiger partial charge is 0.392 e. The van der Waals surface area contributed by atoms with Gasteiger partial charge in [0.1, 0.15) is 0 Å². The summed E-state index contributed by atoms with van der Waals surface area (Å²) in [4.78, 5) is 5.25. The Labute approximate surface area is 118 Å². The van der Waals surface area contributed by atoms with Crippen molar-refractivity contribution in [3.8, 4) is 10.7 Å². The van der Waals surface area contributed by atoms with Crippen LogP contribution in [0.25, 0.3) is 10.7 Å².